The van der Waals surface area contributed by atoms with Crippen molar-refractivity contribution >= 4 is 11.6 Å². The molecule has 0 aliphatic heterocycles. The van der Waals surface area contributed by atoms with E-state index in [1.165, 1.54) is 0 Å². The Morgan fingerprint density at radius 2 is 2.06 bits per heavy atom. The van der Waals surface area contributed by atoms with E-state index in [2.05, 4.69) is 10.6 Å². The van der Waals surface area contributed by atoms with Crippen molar-refractivity contribution in [3.63, 3.8) is 0 Å². The van der Waals surface area contributed by atoms with Gasteiger partial charge in [0.15, 0.2) is 0 Å². The largest absolute Gasteiger partial charge is 0.393 e. The summed E-state index contributed by atoms with van der Waals surface area (Å²) < 4.78 is 0. The lowest BCUT2D eigenvalue weighted by molar-refractivity contribution is -0.119. The van der Waals surface area contributed by atoms with Crippen molar-refractivity contribution in [2.75, 3.05) is 18.4 Å². The fraction of sp³-hybridized carbons (Fsp3) is 0.462. The van der Waals surface area contributed by atoms with E-state index >= 15 is 0 Å². The van der Waals surface area contributed by atoms with Crippen molar-refractivity contribution in [3.8, 4) is 0 Å². The molecule has 4 heteroatoms. The smallest absolute Gasteiger partial charge is 0.239 e. The zero-order valence-corrected chi connectivity index (χ0v) is 10.1. The Kier molecular flexibility index (Phi) is 6.10. The lowest BCUT2D eigenvalue weighted by atomic mass is 10.2. The van der Waals surface area contributed by atoms with Crippen LogP contribution in [0.3, 0.4) is 0 Å². The van der Waals surface area contributed by atoms with Gasteiger partial charge in [-0.05, 0) is 25.0 Å². The standard InChI is InChI=1S/C13H20N2O2/c1-2-12(16)8-9-14-13(17)10-15-11-6-4-3-5-7-11/h3-7,12,15-16H,2,8-10H2,1H3,(H,14,17). The zero-order valence-electron chi connectivity index (χ0n) is 10.1. The average molecular weight is 236 g/mol. The molecule has 0 aliphatic rings. The Bertz CT molecular complexity index is 327. The second-order valence-corrected chi connectivity index (χ2v) is 3.92. The van der Waals surface area contributed by atoms with Crippen molar-refractivity contribution in [1.29, 1.82) is 0 Å². The number of anilines is 1. The molecule has 0 aliphatic carbocycles. The second-order valence-electron chi connectivity index (χ2n) is 3.92. The minimum absolute atomic E-state index is 0.0582. The molecule has 1 aromatic carbocycles. The molecule has 17 heavy (non-hydrogen) atoms. The predicted octanol–water partition coefficient (Wildman–Crippen LogP) is 1.38. The molecular formula is C13H20N2O2. The fourth-order valence-electron chi connectivity index (χ4n) is 1.38. The van der Waals surface area contributed by atoms with E-state index in [4.69, 9.17) is 0 Å². The zero-order chi connectivity index (χ0) is 12.5. The van der Waals surface area contributed by atoms with Crippen LogP contribution in [0.5, 0.6) is 0 Å². The van der Waals surface area contributed by atoms with E-state index in [1.807, 2.05) is 37.3 Å². The normalized spacial score (nSPS) is 11.9. The number of carbonyl (C=O) groups excluding carboxylic acids is 1. The molecule has 94 valence electrons. The van der Waals surface area contributed by atoms with Crippen LogP contribution in [0.15, 0.2) is 30.3 Å². The highest BCUT2D eigenvalue weighted by Gasteiger charge is 2.03. The third-order valence-electron chi connectivity index (χ3n) is 2.50. The van der Waals surface area contributed by atoms with E-state index in [9.17, 15) is 9.90 Å². The highest BCUT2D eigenvalue weighted by molar-refractivity contribution is 5.80. The summed E-state index contributed by atoms with van der Waals surface area (Å²) in [6, 6.07) is 9.58. The molecule has 1 atom stereocenters. The molecule has 0 saturated carbocycles. The van der Waals surface area contributed by atoms with E-state index < -0.39 is 0 Å². The molecule has 1 rings (SSSR count). The molecule has 3 N–H and O–H groups in total. The molecule has 0 aromatic heterocycles. The van der Waals surface area contributed by atoms with E-state index in [0.717, 1.165) is 12.1 Å². The molecule has 1 amide bonds. The number of hydrogen-bond donors (Lipinski definition) is 3. The van der Waals surface area contributed by atoms with Gasteiger partial charge in [-0.2, -0.15) is 0 Å². The number of aliphatic hydroxyl groups is 1. The minimum atomic E-state index is -0.322. The maximum absolute atomic E-state index is 11.4. The van der Waals surface area contributed by atoms with Gasteiger partial charge >= 0.3 is 0 Å². The van der Waals surface area contributed by atoms with Gasteiger partial charge in [-0.1, -0.05) is 25.1 Å². The van der Waals surface area contributed by atoms with Crippen LogP contribution in [-0.2, 0) is 4.79 Å². The highest BCUT2D eigenvalue weighted by Crippen LogP contribution is 2.03. The summed E-state index contributed by atoms with van der Waals surface area (Å²) in [4.78, 5) is 11.4. The Morgan fingerprint density at radius 3 is 2.71 bits per heavy atom. The predicted molar refractivity (Wildman–Crippen MR) is 68.9 cm³/mol. The lowest BCUT2D eigenvalue weighted by Crippen LogP contribution is -2.32. The van der Waals surface area contributed by atoms with Crippen LogP contribution in [0, 0.1) is 0 Å². The number of nitrogens with one attached hydrogen (secondary N) is 2. The SMILES string of the molecule is CCC(O)CCNC(=O)CNc1ccccc1. The van der Waals surface area contributed by atoms with Crippen LogP contribution in [-0.4, -0.2) is 30.2 Å². The first-order valence-electron chi connectivity index (χ1n) is 5.96. The summed E-state index contributed by atoms with van der Waals surface area (Å²) in [5, 5.41) is 15.1. The fourth-order valence-corrected chi connectivity index (χ4v) is 1.38. The van der Waals surface area contributed by atoms with Crippen molar-refractivity contribution < 1.29 is 9.90 Å². The van der Waals surface area contributed by atoms with Crippen LogP contribution < -0.4 is 10.6 Å². The van der Waals surface area contributed by atoms with Gasteiger partial charge in [-0.25, -0.2) is 0 Å². The first-order valence-corrected chi connectivity index (χ1v) is 5.96. The maximum Gasteiger partial charge on any atom is 0.239 e. The van der Waals surface area contributed by atoms with Crippen LogP contribution in [0.25, 0.3) is 0 Å². The molecule has 1 aromatic rings. The van der Waals surface area contributed by atoms with Gasteiger partial charge in [0.05, 0.1) is 12.6 Å². The van der Waals surface area contributed by atoms with Gasteiger partial charge in [0.2, 0.25) is 5.91 Å². The number of hydrogen-bond acceptors (Lipinski definition) is 3. The van der Waals surface area contributed by atoms with Gasteiger partial charge in [0, 0.05) is 12.2 Å². The summed E-state index contributed by atoms with van der Waals surface area (Å²) in [5.41, 5.74) is 0.927. The second kappa shape index (κ2) is 7.68. The van der Waals surface area contributed by atoms with E-state index in [1.54, 1.807) is 0 Å². The van der Waals surface area contributed by atoms with Crippen molar-refractivity contribution in [2.24, 2.45) is 0 Å². The van der Waals surface area contributed by atoms with Crippen molar-refractivity contribution in [1.82, 2.24) is 5.32 Å². The molecule has 0 radical (unpaired) electrons. The molecule has 4 nitrogen and oxygen atoms in total. The number of benzene rings is 1. The summed E-state index contributed by atoms with van der Waals surface area (Å²) >= 11 is 0. The maximum atomic E-state index is 11.4. The Hall–Kier alpha value is -1.55. The number of amides is 1. The molecule has 0 bridgehead atoms. The van der Waals surface area contributed by atoms with Crippen molar-refractivity contribution in [3.05, 3.63) is 30.3 Å². The van der Waals surface area contributed by atoms with Gasteiger partial charge in [-0.15, -0.1) is 0 Å². The lowest BCUT2D eigenvalue weighted by Gasteiger charge is -2.09. The molecule has 1 unspecified atom stereocenters. The van der Waals surface area contributed by atoms with Crippen LogP contribution in [0.4, 0.5) is 5.69 Å². The third kappa shape index (κ3) is 5.92. The first-order chi connectivity index (χ1) is 8.22. The quantitative estimate of drug-likeness (QED) is 0.670. The first kappa shape index (κ1) is 13.5. The summed E-state index contributed by atoms with van der Waals surface area (Å²) in [6.07, 6.45) is 1.00. The number of carbonyl (C=O) groups is 1. The molecule has 0 fully saturated rings. The summed E-state index contributed by atoms with van der Waals surface area (Å²) in [7, 11) is 0. The third-order valence-corrected chi connectivity index (χ3v) is 2.50. The van der Waals surface area contributed by atoms with Crippen LogP contribution in [0.1, 0.15) is 19.8 Å². The minimum Gasteiger partial charge on any atom is -0.393 e. The Labute approximate surface area is 102 Å². The Morgan fingerprint density at radius 1 is 1.35 bits per heavy atom. The monoisotopic (exact) mass is 236 g/mol. The summed E-state index contributed by atoms with van der Waals surface area (Å²) in [6.45, 7) is 2.69. The van der Waals surface area contributed by atoms with Crippen LogP contribution in [0.2, 0.25) is 0 Å². The topological polar surface area (TPSA) is 61.4 Å². The molecular weight excluding hydrogens is 216 g/mol. The number of aliphatic hydroxyl groups excluding tert-OH is 1. The van der Waals surface area contributed by atoms with Crippen LogP contribution >= 0.6 is 0 Å². The van der Waals surface area contributed by atoms with Gasteiger partial charge < -0.3 is 15.7 Å². The average Bonchev–Trinajstić information content (AvgIpc) is 2.37. The number of rotatable bonds is 7. The van der Waals surface area contributed by atoms with Gasteiger partial charge in [-0.3, -0.25) is 4.79 Å². The molecule has 0 spiro atoms. The molecule has 0 heterocycles. The highest BCUT2D eigenvalue weighted by atomic mass is 16.3. The molecule has 0 saturated heterocycles. The van der Waals surface area contributed by atoms with Gasteiger partial charge in [0.25, 0.3) is 0 Å². The van der Waals surface area contributed by atoms with Crippen molar-refractivity contribution in [2.45, 2.75) is 25.9 Å². The van der Waals surface area contributed by atoms with E-state index in [0.29, 0.717) is 13.0 Å². The Balaban J connectivity index is 2.13. The number of para-hydroxylation sites is 1. The van der Waals surface area contributed by atoms with Gasteiger partial charge in [0.1, 0.15) is 0 Å². The summed E-state index contributed by atoms with van der Waals surface area (Å²) in [5.74, 6) is -0.0582. The van der Waals surface area contributed by atoms with E-state index in [-0.39, 0.29) is 18.6 Å².